The SMILES string of the molecule is CCOc1ccc(C(Cl)c2cccc(Cl)c2)cc1Br. The van der Waals surface area contributed by atoms with Crippen LogP contribution in [-0.2, 0) is 0 Å². The monoisotopic (exact) mass is 358 g/mol. The smallest absolute Gasteiger partial charge is 0.133 e. The van der Waals surface area contributed by atoms with Gasteiger partial charge in [-0.05, 0) is 58.2 Å². The third kappa shape index (κ3) is 3.65. The van der Waals surface area contributed by atoms with Gasteiger partial charge in [-0.1, -0.05) is 29.8 Å². The van der Waals surface area contributed by atoms with Crippen LogP contribution in [0.1, 0.15) is 23.4 Å². The molecular weight excluding hydrogens is 347 g/mol. The summed E-state index contributed by atoms with van der Waals surface area (Å²) in [4.78, 5) is 0. The predicted molar refractivity (Wildman–Crippen MR) is 84.5 cm³/mol. The Balaban J connectivity index is 2.29. The Kier molecular flexibility index (Phi) is 5.14. The topological polar surface area (TPSA) is 9.23 Å². The van der Waals surface area contributed by atoms with E-state index in [1.807, 2.05) is 49.4 Å². The molecule has 100 valence electrons. The maximum Gasteiger partial charge on any atom is 0.133 e. The summed E-state index contributed by atoms with van der Waals surface area (Å²) in [6.07, 6.45) is 0. The Bertz CT molecular complexity index is 572. The third-order valence-corrected chi connectivity index (χ3v) is 4.05. The molecule has 0 saturated heterocycles. The van der Waals surface area contributed by atoms with Crippen LogP contribution < -0.4 is 4.74 Å². The van der Waals surface area contributed by atoms with Crippen molar-refractivity contribution in [2.75, 3.05) is 6.61 Å². The molecule has 2 aromatic rings. The second-order valence-corrected chi connectivity index (χ2v) is 5.77. The van der Waals surface area contributed by atoms with Gasteiger partial charge in [0.25, 0.3) is 0 Å². The molecule has 0 saturated carbocycles. The lowest BCUT2D eigenvalue weighted by Gasteiger charge is -2.13. The van der Waals surface area contributed by atoms with Crippen LogP contribution in [-0.4, -0.2) is 6.61 Å². The highest BCUT2D eigenvalue weighted by Gasteiger charge is 2.13. The molecule has 1 unspecified atom stereocenters. The van der Waals surface area contributed by atoms with Crippen LogP contribution in [0.25, 0.3) is 0 Å². The van der Waals surface area contributed by atoms with Gasteiger partial charge in [-0.2, -0.15) is 0 Å². The second-order valence-electron chi connectivity index (χ2n) is 4.04. The van der Waals surface area contributed by atoms with Gasteiger partial charge in [0, 0.05) is 5.02 Å². The van der Waals surface area contributed by atoms with Crippen molar-refractivity contribution in [2.24, 2.45) is 0 Å². The minimum absolute atomic E-state index is 0.231. The highest BCUT2D eigenvalue weighted by Crippen LogP contribution is 2.34. The van der Waals surface area contributed by atoms with Crippen LogP contribution in [0.2, 0.25) is 5.02 Å². The van der Waals surface area contributed by atoms with Gasteiger partial charge in [0.05, 0.1) is 16.5 Å². The first-order valence-corrected chi connectivity index (χ1v) is 7.54. The van der Waals surface area contributed by atoms with E-state index in [0.29, 0.717) is 11.6 Å². The van der Waals surface area contributed by atoms with Crippen molar-refractivity contribution in [3.63, 3.8) is 0 Å². The zero-order valence-corrected chi connectivity index (χ0v) is 13.5. The van der Waals surface area contributed by atoms with Gasteiger partial charge < -0.3 is 4.74 Å². The normalized spacial score (nSPS) is 12.2. The number of hydrogen-bond acceptors (Lipinski definition) is 1. The van der Waals surface area contributed by atoms with E-state index >= 15 is 0 Å². The molecule has 1 atom stereocenters. The number of alkyl halides is 1. The molecule has 4 heteroatoms. The van der Waals surface area contributed by atoms with E-state index in [-0.39, 0.29) is 5.38 Å². The molecule has 0 radical (unpaired) electrons. The fourth-order valence-corrected chi connectivity index (χ4v) is 2.79. The number of halogens is 3. The van der Waals surface area contributed by atoms with Gasteiger partial charge in [-0.15, -0.1) is 11.6 Å². The van der Waals surface area contributed by atoms with Gasteiger partial charge in [0.2, 0.25) is 0 Å². The Labute approximate surface area is 131 Å². The summed E-state index contributed by atoms with van der Waals surface area (Å²) >= 11 is 16.0. The summed E-state index contributed by atoms with van der Waals surface area (Å²) in [6.45, 7) is 2.59. The fourth-order valence-electron chi connectivity index (χ4n) is 1.80. The number of ether oxygens (including phenoxy) is 1. The maximum absolute atomic E-state index is 6.48. The molecule has 0 aliphatic heterocycles. The van der Waals surface area contributed by atoms with E-state index in [1.165, 1.54) is 0 Å². The Morgan fingerprint density at radius 3 is 2.53 bits per heavy atom. The van der Waals surface area contributed by atoms with Gasteiger partial charge in [0.1, 0.15) is 5.75 Å². The molecule has 2 aromatic carbocycles. The lowest BCUT2D eigenvalue weighted by Crippen LogP contribution is -1.96. The van der Waals surface area contributed by atoms with Gasteiger partial charge in [-0.3, -0.25) is 0 Å². The van der Waals surface area contributed by atoms with E-state index < -0.39 is 0 Å². The van der Waals surface area contributed by atoms with Crippen molar-refractivity contribution in [1.29, 1.82) is 0 Å². The molecule has 19 heavy (non-hydrogen) atoms. The first-order chi connectivity index (χ1) is 9.11. The zero-order valence-electron chi connectivity index (χ0n) is 10.4. The van der Waals surface area contributed by atoms with E-state index in [4.69, 9.17) is 27.9 Å². The second kappa shape index (κ2) is 6.65. The zero-order chi connectivity index (χ0) is 13.8. The first kappa shape index (κ1) is 14.7. The molecular formula is C15H13BrCl2O. The lowest BCUT2D eigenvalue weighted by atomic mass is 10.0. The van der Waals surface area contributed by atoms with Gasteiger partial charge >= 0.3 is 0 Å². The van der Waals surface area contributed by atoms with Crippen LogP contribution in [0.3, 0.4) is 0 Å². The molecule has 0 aliphatic rings. The summed E-state index contributed by atoms with van der Waals surface area (Å²) in [7, 11) is 0. The lowest BCUT2D eigenvalue weighted by molar-refractivity contribution is 0.338. The summed E-state index contributed by atoms with van der Waals surface area (Å²) < 4.78 is 6.39. The van der Waals surface area contributed by atoms with Crippen LogP contribution in [0.15, 0.2) is 46.9 Å². The Morgan fingerprint density at radius 1 is 1.16 bits per heavy atom. The van der Waals surface area contributed by atoms with E-state index in [2.05, 4.69) is 15.9 Å². The third-order valence-electron chi connectivity index (χ3n) is 2.69. The molecule has 0 spiro atoms. The first-order valence-electron chi connectivity index (χ1n) is 5.93. The van der Waals surface area contributed by atoms with Crippen molar-refractivity contribution < 1.29 is 4.74 Å². The summed E-state index contributed by atoms with van der Waals surface area (Å²) in [5.41, 5.74) is 1.98. The van der Waals surface area contributed by atoms with Crippen LogP contribution in [0.4, 0.5) is 0 Å². The van der Waals surface area contributed by atoms with E-state index in [9.17, 15) is 0 Å². The fraction of sp³-hybridized carbons (Fsp3) is 0.200. The van der Waals surface area contributed by atoms with Crippen molar-refractivity contribution in [1.82, 2.24) is 0 Å². The Morgan fingerprint density at radius 2 is 1.89 bits per heavy atom. The van der Waals surface area contributed by atoms with Crippen LogP contribution in [0.5, 0.6) is 5.75 Å². The molecule has 0 fully saturated rings. The van der Waals surface area contributed by atoms with E-state index in [0.717, 1.165) is 21.3 Å². The molecule has 0 heterocycles. The van der Waals surface area contributed by atoms with Crippen molar-refractivity contribution in [2.45, 2.75) is 12.3 Å². The van der Waals surface area contributed by atoms with Crippen molar-refractivity contribution >= 4 is 39.1 Å². The molecule has 0 N–H and O–H groups in total. The quantitative estimate of drug-likeness (QED) is 0.624. The highest BCUT2D eigenvalue weighted by molar-refractivity contribution is 9.10. The predicted octanol–water partition coefficient (Wildman–Crippen LogP) is 5.83. The average Bonchev–Trinajstić information content (AvgIpc) is 2.40. The molecule has 0 aromatic heterocycles. The molecule has 2 rings (SSSR count). The molecule has 0 bridgehead atoms. The summed E-state index contributed by atoms with van der Waals surface area (Å²) in [5.74, 6) is 0.821. The van der Waals surface area contributed by atoms with E-state index in [1.54, 1.807) is 0 Å². The molecule has 0 aliphatic carbocycles. The molecule has 1 nitrogen and oxygen atoms in total. The highest BCUT2D eigenvalue weighted by atomic mass is 79.9. The van der Waals surface area contributed by atoms with Crippen molar-refractivity contribution in [3.8, 4) is 5.75 Å². The minimum Gasteiger partial charge on any atom is -0.493 e. The number of benzene rings is 2. The van der Waals surface area contributed by atoms with Gasteiger partial charge in [-0.25, -0.2) is 0 Å². The van der Waals surface area contributed by atoms with Crippen LogP contribution in [0, 0.1) is 0 Å². The standard InChI is InChI=1S/C15H13BrCl2O/c1-2-19-14-7-6-11(9-13(14)16)15(18)10-4-3-5-12(17)8-10/h3-9,15H,2H2,1H3. The minimum atomic E-state index is -0.231. The van der Waals surface area contributed by atoms with Crippen molar-refractivity contribution in [3.05, 3.63) is 63.1 Å². The number of hydrogen-bond donors (Lipinski definition) is 0. The Hall–Kier alpha value is -0.700. The summed E-state index contributed by atoms with van der Waals surface area (Å²) in [6, 6.07) is 13.4. The van der Waals surface area contributed by atoms with Gasteiger partial charge in [0.15, 0.2) is 0 Å². The maximum atomic E-state index is 6.48. The summed E-state index contributed by atoms with van der Waals surface area (Å²) in [5, 5.41) is 0.457. The van der Waals surface area contributed by atoms with Crippen LogP contribution >= 0.6 is 39.1 Å². The molecule has 0 amide bonds. The average molecular weight is 360 g/mol. The number of rotatable bonds is 4. The largest absolute Gasteiger partial charge is 0.493 e.